The molecule has 1 atom stereocenters. The van der Waals surface area contributed by atoms with Crippen LogP contribution >= 0.6 is 27.7 Å². The van der Waals surface area contributed by atoms with Crippen LogP contribution in [-0.4, -0.2) is 30.8 Å². The van der Waals surface area contributed by atoms with Crippen LogP contribution in [0.5, 0.6) is 0 Å². The molecule has 4 nitrogen and oxygen atoms in total. The summed E-state index contributed by atoms with van der Waals surface area (Å²) in [6.45, 7) is 4.01. The van der Waals surface area contributed by atoms with Gasteiger partial charge in [-0.3, -0.25) is 4.79 Å². The molecule has 1 rings (SSSR count). The number of ether oxygens (including phenoxy) is 1. The van der Waals surface area contributed by atoms with E-state index in [1.54, 1.807) is 11.8 Å². The Morgan fingerprint density at radius 3 is 2.45 bits per heavy atom. The number of benzene rings is 1. The molecule has 1 aromatic rings. The summed E-state index contributed by atoms with van der Waals surface area (Å²) in [6, 6.07) is 7.39. The van der Waals surface area contributed by atoms with E-state index in [0.29, 0.717) is 24.5 Å². The molecule has 0 spiro atoms. The third-order valence-corrected chi connectivity index (χ3v) is 4.48. The lowest BCUT2D eigenvalue weighted by Crippen LogP contribution is -2.42. The zero-order valence-corrected chi connectivity index (χ0v) is 15.5. The molecule has 0 aliphatic heterocycles. The van der Waals surface area contributed by atoms with Crippen LogP contribution in [0.2, 0.25) is 0 Å². The second-order valence-corrected chi connectivity index (χ2v) is 7.41. The first-order valence-corrected chi connectivity index (χ1v) is 8.95. The molecule has 0 aliphatic rings. The summed E-state index contributed by atoms with van der Waals surface area (Å²) in [7, 11) is 1.34. The number of methoxy groups -OCH3 is 1. The average Bonchev–Trinajstić information content (AvgIpc) is 2.47. The number of hydrogen-bond acceptors (Lipinski definition) is 4. The quantitative estimate of drug-likeness (QED) is 0.546. The van der Waals surface area contributed by atoms with Crippen molar-refractivity contribution in [3.8, 4) is 0 Å². The predicted octanol–water partition coefficient (Wildman–Crippen LogP) is 3.64. The first-order valence-electron chi connectivity index (χ1n) is 7.18. The molecule has 0 aromatic heterocycles. The maximum absolute atomic E-state index is 12.0. The summed E-state index contributed by atoms with van der Waals surface area (Å²) in [4.78, 5) is 24.7. The third kappa shape index (κ3) is 7.31. The van der Waals surface area contributed by atoms with Gasteiger partial charge in [0.25, 0.3) is 0 Å². The van der Waals surface area contributed by atoms with Crippen molar-refractivity contribution in [3.05, 3.63) is 28.7 Å². The van der Waals surface area contributed by atoms with E-state index in [0.717, 1.165) is 9.37 Å². The summed E-state index contributed by atoms with van der Waals surface area (Å²) in [5, 5.41) is 2.76. The summed E-state index contributed by atoms with van der Waals surface area (Å²) in [6.07, 6.45) is 0.949. The Balaban J connectivity index is 2.39. The van der Waals surface area contributed by atoms with E-state index in [1.165, 1.54) is 7.11 Å². The topological polar surface area (TPSA) is 55.4 Å². The van der Waals surface area contributed by atoms with Crippen LogP contribution in [0.15, 0.2) is 33.6 Å². The molecule has 6 heteroatoms. The van der Waals surface area contributed by atoms with Crippen molar-refractivity contribution in [3.63, 3.8) is 0 Å². The van der Waals surface area contributed by atoms with Crippen LogP contribution in [0, 0.1) is 5.92 Å². The van der Waals surface area contributed by atoms with Crippen molar-refractivity contribution in [2.24, 2.45) is 5.92 Å². The van der Waals surface area contributed by atoms with Gasteiger partial charge in [-0.05, 0) is 36.6 Å². The zero-order chi connectivity index (χ0) is 16.5. The maximum atomic E-state index is 12.0. The molecule has 1 unspecified atom stereocenters. The molecular weight excluding hydrogens is 366 g/mol. The van der Waals surface area contributed by atoms with Gasteiger partial charge < -0.3 is 10.1 Å². The van der Waals surface area contributed by atoms with Crippen LogP contribution in [-0.2, 0) is 14.3 Å². The first kappa shape index (κ1) is 19.0. The van der Waals surface area contributed by atoms with Crippen molar-refractivity contribution in [1.82, 2.24) is 5.32 Å². The SMILES string of the molecule is COC(=O)C(CC(C)C)NC(=O)CCSc1ccc(Br)cc1. The number of halogens is 1. The molecule has 22 heavy (non-hydrogen) atoms. The average molecular weight is 388 g/mol. The van der Waals surface area contributed by atoms with Gasteiger partial charge in [-0.1, -0.05) is 29.8 Å². The molecule has 0 bridgehead atoms. The Kier molecular flexibility index (Phi) is 8.56. The van der Waals surface area contributed by atoms with Crippen molar-refractivity contribution >= 4 is 39.6 Å². The van der Waals surface area contributed by atoms with Crippen LogP contribution < -0.4 is 5.32 Å². The van der Waals surface area contributed by atoms with Crippen LogP contribution in [0.1, 0.15) is 26.7 Å². The Bertz CT molecular complexity index is 491. The third-order valence-electron chi connectivity index (χ3n) is 2.94. The number of rotatable bonds is 8. The van der Waals surface area contributed by atoms with Gasteiger partial charge in [0.1, 0.15) is 6.04 Å². The molecule has 0 aliphatic carbocycles. The normalized spacial score (nSPS) is 12.0. The van der Waals surface area contributed by atoms with Gasteiger partial charge in [-0.15, -0.1) is 11.8 Å². The van der Waals surface area contributed by atoms with Gasteiger partial charge in [0.15, 0.2) is 0 Å². The van der Waals surface area contributed by atoms with Crippen molar-refractivity contribution in [2.75, 3.05) is 12.9 Å². The molecule has 0 saturated heterocycles. The molecule has 1 N–H and O–H groups in total. The molecule has 0 saturated carbocycles. The summed E-state index contributed by atoms with van der Waals surface area (Å²) in [5.74, 6) is 0.466. The van der Waals surface area contributed by atoms with Gasteiger partial charge in [-0.2, -0.15) is 0 Å². The van der Waals surface area contributed by atoms with Crippen molar-refractivity contribution in [2.45, 2.75) is 37.6 Å². The van der Waals surface area contributed by atoms with E-state index >= 15 is 0 Å². The molecule has 0 fully saturated rings. The maximum Gasteiger partial charge on any atom is 0.328 e. The van der Waals surface area contributed by atoms with E-state index in [4.69, 9.17) is 4.74 Å². The van der Waals surface area contributed by atoms with Crippen LogP contribution in [0.3, 0.4) is 0 Å². The minimum atomic E-state index is -0.560. The highest BCUT2D eigenvalue weighted by Crippen LogP contribution is 2.21. The summed E-state index contributed by atoms with van der Waals surface area (Å²) >= 11 is 5.00. The lowest BCUT2D eigenvalue weighted by Gasteiger charge is -2.18. The Morgan fingerprint density at radius 2 is 1.91 bits per heavy atom. The molecule has 0 radical (unpaired) electrons. The number of amides is 1. The number of carbonyl (C=O) groups is 2. The van der Waals surface area contributed by atoms with E-state index < -0.39 is 6.04 Å². The minimum absolute atomic E-state index is 0.124. The summed E-state index contributed by atoms with van der Waals surface area (Å²) in [5.41, 5.74) is 0. The monoisotopic (exact) mass is 387 g/mol. The molecule has 122 valence electrons. The summed E-state index contributed by atoms with van der Waals surface area (Å²) < 4.78 is 5.77. The lowest BCUT2D eigenvalue weighted by molar-refractivity contribution is -0.145. The number of hydrogen-bond donors (Lipinski definition) is 1. The minimum Gasteiger partial charge on any atom is -0.467 e. The molecule has 1 aromatic carbocycles. The fraction of sp³-hybridized carbons (Fsp3) is 0.500. The fourth-order valence-corrected chi connectivity index (χ4v) is 3.00. The van der Waals surface area contributed by atoms with Crippen LogP contribution in [0.25, 0.3) is 0 Å². The second kappa shape index (κ2) is 9.90. The van der Waals surface area contributed by atoms with E-state index in [1.807, 2.05) is 38.1 Å². The number of thioether (sulfide) groups is 1. The number of nitrogens with one attached hydrogen (secondary N) is 1. The van der Waals surface area contributed by atoms with E-state index in [9.17, 15) is 9.59 Å². The Labute approximate surface area is 144 Å². The van der Waals surface area contributed by atoms with Crippen molar-refractivity contribution in [1.29, 1.82) is 0 Å². The fourth-order valence-electron chi connectivity index (χ4n) is 1.89. The highest BCUT2D eigenvalue weighted by molar-refractivity contribution is 9.10. The smallest absolute Gasteiger partial charge is 0.328 e. The van der Waals surface area contributed by atoms with Crippen LogP contribution in [0.4, 0.5) is 0 Å². The van der Waals surface area contributed by atoms with Gasteiger partial charge in [0.2, 0.25) is 5.91 Å². The highest BCUT2D eigenvalue weighted by atomic mass is 79.9. The zero-order valence-electron chi connectivity index (χ0n) is 13.1. The lowest BCUT2D eigenvalue weighted by atomic mass is 10.0. The largest absolute Gasteiger partial charge is 0.467 e. The molecular formula is C16H22BrNO3S. The van der Waals surface area contributed by atoms with Gasteiger partial charge in [-0.25, -0.2) is 4.79 Å². The molecule has 1 amide bonds. The molecule has 0 heterocycles. The Morgan fingerprint density at radius 1 is 1.27 bits per heavy atom. The number of carbonyl (C=O) groups excluding carboxylic acids is 2. The van der Waals surface area contributed by atoms with E-state index in [-0.39, 0.29) is 11.9 Å². The standard InChI is InChI=1S/C16H22BrNO3S/c1-11(2)10-14(16(20)21-3)18-15(19)8-9-22-13-6-4-12(17)5-7-13/h4-7,11,14H,8-10H2,1-3H3,(H,18,19). The Hall–Kier alpha value is -1.01. The van der Waals surface area contributed by atoms with Crippen molar-refractivity contribution < 1.29 is 14.3 Å². The van der Waals surface area contributed by atoms with Gasteiger partial charge >= 0.3 is 5.97 Å². The van der Waals surface area contributed by atoms with E-state index in [2.05, 4.69) is 21.2 Å². The predicted molar refractivity (Wildman–Crippen MR) is 92.9 cm³/mol. The highest BCUT2D eigenvalue weighted by Gasteiger charge is 2.22. The second-order valence-electron chi connectivity index (χ2n) is 5.33. The number of esters is 1. The van der Waals surface area contributed by atoms with Gasteiger partial charge in [0.05, 0.1) is 7.11 Å². The first-order chi connectivity index (χ1) is 10.4. The van der Waals surface area contributed by atoms with Gasteiger partial charge in [0, 0.05) is 21.5 Å².